The zero-order valence-corrected chi connectivity index (χ0v) is 19.3. The molecular formula is C23H27N3O3S2. The number of hydrogen-bond donors (Lipinski definition) is 1. The number of aryl methyl sites for hydroxylation is 1. The van der Waals surface area contributed by atoms with Gasteiger partial charge in [0.2, 0.25) is 10.0 Å². The second-order valence-electron chi connectivity index (χ2n) is 8.45. The van der Waals surface area contributed by atoms with Gasteiger partial charge in [0.1, 0.15) is 11.1 Å². The average molecular weight is 458 g/mol. The van der Waals surface area contributed by atoms with Gasteiger partial charge in [-0.2, -0.15) is 9.57 Å². The lowest BCUT2D eigenvalue weighted by Crippen LogP contribution is -2.37. The first kappa shape index (κ1) is 22.0. The number of thiophene rings is 1. The molecule has 8 heteroatoms. The number of sulfonamides is 1. The molecule has 0 atom stereocenters. The monoisotopic (exact) mass is 457 g/mol. The Hall–Kier alpha value is -2.21. The standard InChI is InChI=1S/C23H27N3O3S2/c1-16-11-13-26(14-12-16)31(28,29)18-9-7-17(8-10-18)22(27)25-23-20(15-24)19-5-3-2-4-6-21(19)30-23/h7-10,16H,2-6,11-14H2,1H3,(H,25,27). The third-order valence-corrected chi connectivity index (χ3v) is 9.38. The number of benzene rings is 1. The van der Waals surface area contributed by atoms with Crippen LogP contribution in [0, 0.1) is 17.2 Å². The number of fused-ring (bicyclic) bond motifs is 1. The maximum atomic E-state index is 12.9. The van der Waals surface area contributed by atoms with Gasteiger partial charge in [-0.25, -0.2) is 8.42 Å². The molecule has 2 aromatic rings. The second kappa shape index (κ2) is 9.11. The van der Waals surface area contributed by atoms with Gasteiger partial charge in [0.05, 0.1) is 10.5 Å². The summed E-state index contributed by atoms with van der Waals surface area (Å²) < 4.78 is 27.3. The summed E-state index contributed by atoms with van der Waals surface area (Å²) in [7, 11) is -3.54. The van der Waals surface area contributed by atoms with Gasteiger partial charge in [0.15, 0.2) is 0 Å². The molecule has 31 heavy (non-hydrogen) atoms. The molecule has 4 rings (SSSR count). The van der Waals surface area contributed by atoms with Gasteiger partial charge in [-0.3, -0.25) is 4.79 Å². The number of carbonyl (C=O) groups is 1. The minimum Gasteiger partial charge on any atom is -0.312 e. The molecule has 0 bridgehead atoms. The minimum absolute atomic E-state index is 0.208. The van der Waals surface area contributed by atoms with Crippen molar-refractivity contribution in [1.29, 1.82) is 5.26 Å². The highest BCUT2D eigenvalue weighted by molar-refractivity contribution is 7.89. The van der Waals surface area contributed by atoms with Crippen molar-refractivity contribution in [3.05, 3.63) is 45.8 Å². The number of amides is 1. The summed E-state index contributed by atoms with van der Waals surface area (Å²) in [6.07, 6.45) is 6.91. The van der Waals surface area contributed by atoms with E-state index in [4.69, 9.17) is 0 Å². The first-order valence-corrected chi connectivity index (χ1v) is 13.1. The molecule has 2 aliphatic rings. The predicted octanol–water partition coefficient (Wildman–Crippen LogP) is 4.56. The molecule has 1 fully saturated rings. The third-order valence-electron chi connectivity index (χ3n) is 6.26. The molecule has 1 aromatic carbocycles. The molecule has 0 unspecified atom stereocenters. The first-order chi connectivity index (χ1) is 14.9. The van der Waals surface area contributed by atoms with Crippen molar-refractivity contribution in [2.75, 3.05) is 18.4 Å². The van der Waals surface area contributed by atoms with Crippen molar-refractivity contribution < 1.29 is 13.2 Å². The van der Waals surface area contributed by atoms with Crippen molar-refractivity contribution in [3.63, 3.8) is 0 Å². The summed E-state index contributed by atoms with van der Waals surface area (Å²) in [5, 5.41) is 13.1. The van der Waals surface area contributed by atoms with Gasteiger partial charge < -0.3 is 5.32 Å². The number of nitriles is 1. The van der Waals surface area contributed by atoms with E-state index in [1.807, 2.05) is 0 Å². The van der Waals surface area contributed by atoms with Crippen LogP contribution in [0.1, 0.15) is 65.4 Å². The molecule has 1 amide bonds. The Kier molecular flexibility index (Phi) is 6.47. The Balaban J connectivity index is 1.50. The van der Waals surface area contributed by atoms with E-state index >= 15 is 0 Å². The Morgan fingerprint density at radius 2 is 1.81 bits per heavy atom. The molecule has 1 aliphatic heterocycles. The quantitative estimate of drug-likeness (QED) is 0.682. The summed E-state index contributed by atoms with van der Waals surface area (Å²) in [6, 6.07) is 8.34. The van der Waals surface area contributed by atoms with Crippen LogP contribution in [0.2, 0.25) is 0 Å². The van der Waals surface area contributed by atoms with Gasteiger partial charge in [0, 0.05) is 23.5 Å². The van der Waals surface area contributed by atoms with E-state index in [0.29, 0.717) is 35.1 Å². The highest BCUT2D eigenvalue weighted by Gasteiger charge is 2.28. The molecular weight excluding hydrogens is 430 g/mol. The SMILES string of the molecule is CC1CCN(S(=O)(=O)c2ccc(C(=O)Nc3sc4c(c3C#N)CCCCC4)cc2)CC1. The van der Waals surface area contributed by atoms with Crippen molar-refractivity contribution in [1.82, 2.24) is 4.31 Å². The summed E-state index contributed by atoms with van der Waals surface area (Å²) >= 11 is 1.49. The van der Waals surface area contributed by atoms with E-state index in [0.717, 1.165) is 44.1 Å². The van der Waals surface area contributed by atoms with Crippen LogP contribution in [0.4, 0.5) is 5.00 Å². The highest BCUT2D eigenvalue weighted by atomic mass is 32.2. The Morgan fingerprint density at radius 3 is 2.48 bits per heavy atom. The Labute approximate surface area is 187 Å². The zero-order chi connectivity index (χ0) is 22.0. The number of nitrogens with one attached hydrogen (secondary N) is 1. The largest absolute Gasteiger partial charge is 0.312 e. The van der Waals surface area contributed by atoms with Crippen molar-refractivity contribution in [3.8, 4) is 6.07 Å². The number of rotatable bonds is 4. The lowest BCUT2D eigenvalue weighted by molar-refractivity contribution is 0.102. The maximum absolute atomic E-state index is 12.9. The Bertz CT molecular complexity index is 1110. The van der Waals surface area contributed by atoms with Gasteiger partial charge in [-0.1, -0.05) is 13.3 Å². The Morgan fingerprint density at radius 1 is 1.13 bits per heavy atom. The smallest absolute Gasteiger partial charge is 0.256 e. The molecule has 6 nitrogen and oxygen atoms in total. The molecule has 0 spiro atoms. The van der Waals surface area contributed by atoms with E-state index in [9.17, 15) is 18.5 Å². The number of hydrogen-bond acceptors (Lipinski definition) is 5. The highest BCUT2D eigenvalue weighted by Crippen LogP contribution is 2.37. The molecule has 0 radical (unpaired) electrons. The zero-order valence-electron chi connectivity index (χ0n) is 17.7. The van der Waals surface area contributed by atoms with Crippen LogP contribution in [0.15, 0.2) is 29.2 Å². The van der Waals surface area contributed by atoms with Crippen LogP contribution in [-0.2, 0) is 22.9 Å². The summed E-state index contributed by atoms with van der Waals surface area (Å²) in [5.74, 6) is 0.215. The van der Waals surface area contributed by atoms with E-state index in [2.05, 4.69) is 18.3 Å². The predicted molar refractivity (Wildman–Crippen MR) is 122 cm³/mol. The van der Waals surface area contributed by atoms with Crippen molar-refractivity contribution >= 4 is 32.3 Å². The van der Waals surface area contributed by atoms with E-state index in [1.165, 1.54) is 39.1 Å². The lowest BCUT2D eigenvalue weighted by atomic mass is 10.0. The van der Waals surface area contributed by atoms with Gasteiger partial charge in [-0.15, -0.1) is 11.3 Å². The minimum atomic E-state index is -3.54. The van der Waals surface area contributed by atoms with Crippen molar-refractivity contribution in [2.24, 2.45) is 5.92 Å². The van der Waals surface area contributed by atoms with Crippen LogP contribution in [0.3, 0.4) is 0 Å². The van der Waals surface area contributed by atoms with Gasteiger partial charge in [-0.05, 0) is 74.3 Å². The van der Waals surface area contributed by atoms with Gasteiger partial charge >= 0.3 is 0 Å². The fourth-order valence-corrected chi connectivity index (χ4v) is 6.98. The molecule has 1 saturated heterocycles. The van der Waals surface area contributed by atoms with Crippen LogP contribution in [0.5, 0.6) is 0 Å². The van der Waals surface area contributed by atoms with E-state index in [-0.39, 0.29) is 10.8 Å². The van der Waals surface area contributed by atoms with Crippen LogP contribution < -0.4 is 5.32 Å². The average Bonchev–Trinajstić information content (AvgIpc) is 2.92. The molecule has 2 heterocycles. The normalized spacial score (nSPS) is 18.1. The van der Waals surface area contributed by atoms with Crippen LogP contribution in [0.25, 0.3) is 0 Å². The summed E-state index contributed by atoms with van der Waals surface area (Å²) in [6.45, 7) is 3.21. The third kappa shape index (κ3) is 4.54. The number of carbonyl (C=O) groups excluding carboxylic acids is 1. The number of piperidine rings is 1. The van der Waals surface area contributed by atoms with E-state index < -0.39 is 10.0 Å². The fourth-order valence-electron chi connectivity index (χ4n) is 4.28. The topological polar surface area (TPSA) is 90.3 Å². The molecule has 164 valence electrons. The van der Waals surface area contributed by atoms with Crippen molar-refractivity contribution in [2.45, 2.75) is 56.8 Å². The van der Waals surface area contributed by atoms with E-state index in [1.54, 1.807) is 12.1 Å². The number of anilines is 1. The number of nitrogens with zero attached hydrogens (tertiary/aromatic N) is 2. The first-order valence-electron chi connectivity index (χ1n) is 10.9. The van der Waals surface area contributed by atoms with Gasteiger partial charge in [0.25, 0.3) is 5.91 Å². The molecule has 0 saturated carbocycles. The lowest BCUT2D eigenvalue weighted by Gasteiger charge is -2.29. The summed E-state index contributed by atoms with van der Waals surface area (Å²) in [5.41, 5.74) is 2.03. The van der Waals surface area contributed by atoms with Crippen LogP contribution in [-0.4, -0.2) is 31.7 Å². The van der Waals surface area contributed by atoms with Crippen LogP contribution >= 0.6 is 11.3 Å². The molecule has 1 N–H and O–H groups in total. The molecule has 1 aliphatic carbocycles. The molecule has 1 aromatic heterocycles. The maximum Gasteiger partial charge on any atom is 0.256 e. The fraction of sp³-hybridized carbons (Fsp3) is 0.478. The summed E-state index contributed by atoms with van der Waals surface area (Å²) in [4.78, 5) is 14.2. The second-order valence-corrected chi connectivity index (χ2v) is 11.5.